The van der Waals surface area contributed by atoms with Gasteiger partial charge in [-0.3, -0.25) is 14.4 Å². The molecule has 1 amide bonds. The highest BCUT2D eigenvalue weighted by molar-refractivity contribution is 7.07. The van der Waals surface area contributed by atoms with Crippen molar-refractivity contribution in [2.45, 2.75) is 37.9 Å². The lowest BCUT2D eigenvalue weighted by Gasteiger charge is -2.39. The lowest BCUT2D eigenvalue weighted by atomic mass is 9.96. The molecule has 4 rings (SSSR count). The number of fused-ring (bicyclic) bond motifs is 1. The summed E-state index contributed by atoms with van der Waals surface area (Å²) in [4.78, 5) is 17.0. The molecule has 2 aromatic rings. The third-order valence-corrected chi connectivity index (χ3v) is 5.55. The van der Waals surface area contributed by atoms with Crippen LogP contribution in [0.4, 0.5) is 5.69 Å². The highest BCUT2D eigenvalue weighted by Gasteiger charge is 2.43. The first-order valence-electron chi connectivity index (χ1n) is 7.78. The maximum atomic E-state index is 12.4. The smallest absolute Gasteiger partial charge is 0.227 e. The molecule has 0 aromatic carbocycles. The predicted octanol–water partition coefficient (Wildman–Crippen LogP) is 2.25. The van der Waals surface area contributed by atoms with Crippen LogP contribution in [0.3, 0.4) is 0 Å². The molecular formula is C16H20N4OS. The first-order chi connectivity index (χ1) is 10.7. The molecule has 2 fully saturated rings. The molecule has 22 heavy (non-hydrogen) atoms. The van der Waals surface area contributed by atoms with E-state index in [2.05, 4.69) is 26.8 Å². The van der Waals surface area contributed by atoms with Crippen LogP contribution in [0.5, 0.6) is 0 Å². The van der Waals surface area contributed by atoms with Gasteiger partial charge in [-0.15, -0.1) is 0 Å². The Morgan fingerprint density at radius 1 is 1.36 bits per heavy atom. The Hall–Kier alpha value is -1.66. The summed E-state index contributed by atoms with van der Waals surface area (Å²) in [5.74, 6) is 0.242. The summed E-state index contributed by atoms with van der Waals surface area (Å²) in [6.07, 6.45) is 6.42. The van der Waals surface area contributed by atoms with E-state index in [9.17, 15) is 4.79 Å². The number of piperidine rings is 1. The number of rotatable bonds is 3. The molecule has 0 spiro atoms. The molecule has 2 aliphatic rings. The van der Waals surface area contributed by atoms with Gasteiger partial charge in [0.2, 0.25) is 5.91 Å². The van der Waals surface area contributed by atoms with E-state index in [1.807, 2.05) is 24.3 Å². The van der Waals surface area contributed by atoms with Crippen molar-refractivity contribution in [3.8, 4) is 0 Å². The minimum Gasteiger partial charge on any atom is -0.305 e. The van der Waals surface area contributed by atoms with Gasteiger partial charge in [0.1, 0.15) is 0 Å². The van der Waals surface area contributed by atoms with Crippen LogP contribution in [-0.4, -0.2) is 39.2 Å². The van der Waals surface area contributed by atoms with Crippen molar-refractivity contribution in [3.63, 3.8) is 0 Å². The fourth-order valence-electron chi connectivity index (χ4n) is 3.83. The minimum atomic E-state index is 0.242. The van der Waals surface area contributed by atoms with E-state index in [1.165, 1.54) is 5.56 Å². The van der Waals surface area contributed by atoms with Gasteiger partial charge in [0.25, 0.3) is 0 Å². The molecule has 0 bridgehead atoms. The van der Waals surface area contributed by atoms with Crippen molar-refractivity contribution < 1.29 is 4.79 Å². The second-order valence-electron chi connectivity index (χ2n) is 6.20. The van der Waals surface area contributed by atoms with Gasteiger partial charge >= 0.3 is 0 Å². The summed E-state index contributed by atoms with van der Waals surface area (Å²) in [7, 11) is 1.90. The molecule has 0 saturated carbocycles. The third kappa shape index (κ3) is 2.36. The molecule has 2 atom stereocenters. The van der Waals surface area contributed by atoms with E-state index < -0.39 is 0 Å². The Kier molecular flexibility index (Phi) is 3.50. The van der Waals surface area contributed by atoms with Gasteiger partial charge < -0.3 is 4.90 Å². The number of likely N-dealkylation sites (tertiary alicyclic amines) is 1. The number of carbonyl (C=O) groups is 1. The van der Waals surface area contributed by atoms with Crippen LogP contribution in [-0.2, 0) is 18.4 Å². The lowest BCUT2D eigenvalue weighted by Crippen LogP contribution is -2.52. The zero-order chi connectivity index (χ0) is 15.1. The molecule has 2 saturated heterocycles. The van der Waals surface area contributed by atoms with E-state index in [0.29, 0.717) is 18.5 Å². The van der Waals surface area contributed by atoms with Crippen molar-refractivity contribution in [2.24, 2.45) is 7.05 Å². The Morgan fingerprint density at radius 2 is 2.27 bits per heavy atom. The standard InChI is InChI=1S/C16H20N4OS/c1-18-10-13(8-17-18)20-15-4-6-19(9-12-5-7-22-11-12)14(15)2-3-16(20)21/h5,7-8,10-11,14-15H,2-4,6,9H2,1H3/t14-,15-/m1/s1. The predicted molar refractivity (Wildman–Crippen MR) is 86.9 cm³/mol. The molecule has 0 aliphatic carbocycles. The number of amides is 1. The zero-order valence-corrected chi connectivity index (χ0v) is 13.5. The molecular weight excluding hydrogens is 296 g/mol. The number of hydrogen-bond acceptors (Lipinski definition) is 4. The number of carbonyl (C=O) groups excluding carboxylic acids is 1. The van der Waals surface area contributed by atoms with E-state index in [0.717, 1.165) is 31.6 Å². The SMILES string of the molecule is Cn1cc(N2C(=O)CC[C@@H]3[C@H]2CCN3Cc2ccsc2)cn1. The van der Waals surface area contributed by atoms with E-state index in [1.54, 1.807) is 16.0 Å². The Morgan fingerprint density at radius 3 is 3.00 bits per heavy atom. The largest absolute Gasteiger partial charge is 0.305 e. The van der Waals surface area contributed by atoms with Gasteiger partial charge in [0.05, 0.1) is 17.9 Å². The Bertz CT molecular complexity index is 666. The fourth-order valence-corrected chi connectivity index (χ4v) is 4.49. The summed E-state index contributed by atoms with van der Waals surface area (Å²) < 4.78 is 1.77. The minimum absolute atomic E-state index is 0.242. The maximum Gasteiger partial charge on any atom is 0.227 e. The molecule has 6 heteroatoms. The van der Waals surface area contributed by atoms with Crippen molar-refractivity contribution >= 4 is 22.9 Å². The molecule has 0 N–H and O–H groups in total. The number of aromatic nitrogens is 2. The number of aryl methyl sites for hydroxylation is 1. The van der Waals surface area contributed by atoms with Gasteiger partial charge in [-0.25, -0.2) is 0 Å². The second kappa shape index (κ2) is 5.52. The number of anilines is 1. The molecule has 2 aliphatic heterocycles. The van der Waals surface area contributed by atoms with Crippen LogP contribution in [0.15, 0.2) is 29.2 Å². The summed E-state index contributed by atoms with van der Waals surface area (Å²) in [6, 6.07) is 2.96. The van der Waals surface area contributed by atoms with Gasteiger partial charge in [-0.2, -0.15) is 16.4 Å². The molecule has 2 aromatic heterocycles. The van der Waals surface area contributed by atoms with Crippen LogP contribution >= 0.6 is 11.3 Å². The highest BCUT2D eigenvalue weighted by Crippen LogP contribution is 2.35. The molecule has 5 nitrogen and oxygen atoms in total. The second-order valence-corrected chi connectivity index (χ2v) is 6.98. The van der Waals surface area contributed by atoms with Crippen LogP contribution < -0.4 is 4.90 Å². The van der Waals surface area contributed by atoms with E-state index >= 15 is 0 Å². The average Bonchev–Trinajstić information content (AvgIpc) is 3.22. The van der Waals surface area contributed by atoms with Crippen molar-refractivity contribution in [1.82, 2.24) is 14.7 Å². The van der Waals surface area contributed by atoms with Crippen LogP contribution in [0, 0.1) is 0 Å². The normalized spacial score (nSPS) is 25.7. The van der Waals surface area contributed by atoms with Crippen LogP contribution in [0.2, 0.25) is 0 Å². The van der Waals surface area contributed by atoms with Gasteiger partial charge in [0, 0.05) is 38.8 Å². The van der Waals surface area contributed by atoms with Crippen LogP contribution in [0.25, 0.3) is 0 Å². The first kappa shape index (κ1) is 14.0. The van der Waals surface area contributed by atoms with E-state index in [4.69, 9.17) is 0 Å². The van der Waals surface area contributed by atoms with Gasteiger partial charge in [0.15, 0.2) is 0 Å². The molecule has 0 radical (unpaired) electrons. The molecule has 116 valence electrons. The van der Waals surface area contributed by atoms with E-state index in [-0.39, 0.29) is 5.91 Å². The van der Waals surface area contributed by atoms with Crippen molar-refractivity contribution in [1.29, 1.82) is 0 Å². The molecule has 0 unspecified atom stereocenters. The zero-order valence-electron chi connectivity index (χ0n) is 12.7. The fraction of sp³-hybridized carbons (Fsp3) is 0.500. The Balaban J connectivity index is 1.56. The lowest BCUT2D eigenvalue weighted by molar-refractivity contribution is -0.120. The third-order valence-electron chi connectivity index (χ3n) is 4.81. The molecule has 4 heterocycles. The van der Waals surface area contributed by atoms with Crippen molar-refractivity contribution in [3.05, 3.63) is 34.8 Å². The summed E-state index contributed by atoms with van der Waals surface area (Å²) in [5.41, 5.74) is 2.33. The summed E-state index contributed by atoms with van der Waals surface area (Å²) >= 11 is 1.75. The summed E-state index contributed by atoms with van der Waals surface area (Å²) in [5, 5.41) is 8.59. The highest BCUT2D eigenvalue weighted by atomic mass is 32.1. The van der Waals surface area contributed by atoms with Gasteiger partial charge in [-0.1, -0.05) is 0 Å². The number of hydrogen-bond donors (Lipinski definition) is 0. The number of thiophene rings is 1. The first-order valence-corrected chi connectivity index (χ1v) is 8.72. The van der Waals surface area contributed by atoms with Crippen molar-refractivity contribution in [2.75, 3.05) is 11.4 Å². The monoisotopic (exact) mass is 316 g/mol. The van der Waals surface area contributed by atoms with Crippen LogP contribution in [0.1, 0.15) is 24.8 Å². The topological polar surface area (TPSA) is 41.4 Å². The summed E-state index contributed by atoms with van der Waals surface area (Å²) in [6.45, 7) is 2.06. The van der Waals surface area contributed by atoms with Gasteiger partial charge in [-0.05, 0) is 35.2 Å². The number of nitrogens with zero attached hydrogens (tertiary/aromatic N) is 4. The maximum absolute atomic E-state index is 12.4. The Labute approximate surface area is 134 Å². The average molecular weight is 316 g/mol. The quantitative estimate of drug-likeness (QED) is 0.872.